The average molecular weight is 457 g/mol. The second-order valence-corrected chi connectivity index (χ2v) is 8.67. The number of nitrogens with zero attached hydrogens (tertiary/aromatic N) is 4. The van der Waals surface area contributed by atoms with Gasteiger partial charge in [-0.05, 0) is 42.1 Å². The Labute approximate surface area is 194 Å². The molecule has 0 radical (unpaired) electrons. The average Bonchev–Trinajstić information content (AvgIpc) is 3.56. The molecule has 0 aliphatic carbocycles. The van der Waals surface area contributed by atoms with E-state index in [1.807, 2.05) is 60.8 Å². The zero-order valence-corrected chi connectivity index (χ0v) is 18.6. The number of carbonyl (C=O) groups is 2. The molecule has 7 nitrogen and oxygen atoms in total. The first-order chi connectivity index (χ1) is 16.1. The molecule has 1 N–H and O–H groups in total. The normalized spacial score (nSPS) is 17.6. The summed E-state index contributed by atoms with van der Waals surface area (Å²) in [5.41, 5.74) is 2.79. The SMILES string of the molecule is Cc1c(C(O)=C2C(=O)C(=O)N(Cc3cccnc3)C2c2cccs2)cnn1-c1ccccc1. The monoisotopic (exact) mass is 456 g/mol. The van der Waals surface area contributed by atoms with Gasteiger partial charge in [0.2, 0.25) is 0 Å². The Kier molecular flexibility index (Phi) is 5.35. The Hall–Kier alpha value is -4.04. The number of pyridine rings is 1. The zero-order chi connectivity index (χ0) is 22.9. The molecule has 3 aromatic heterocycles. The first kappa shape index (κ1) is 20.8. The van der Waals surface area contributed by atoms with E-state index in [0.717, 1.165) is 16.1 Å². The van der Waals surface area contributed by atoms with Gasteiger partial charge in [0, 0.05) is 23.8 Å². The summed E-state index contributed by atoms with van der Waals surface area (Å²) < 4.78 is 1.70. The topological polar surface area (TPSA) is 88.3 Å². The Morgan fingerprint density at radius 1 is 1.06 bits per heavy atom. The maximum atomic E-state index is 13.2. The second-order valence-electron chi connectivity index (χ2n) is 7.69. The standard InChI is InChI=1S/C25H20N4O3S/c1-16-19(14-27-29(16)18-8-3-2-4-9-18)23(30)21-22(20-10-6-12-33-20)28(25(32)24(21)31)15-17-7-5-11-26-13-17/h2-14,22,30H,15H2,1H3. The van der Waals surface area contributed by atoms with E-state index >= 15 is 0 Å². The summed E-state index contributed by atoms with van der Waals surface area (Å²) in [5.74, 6) is -1.58. The van der Waals surface area contributed by atoms with Crippen LogP contribution in [-0.4, -0.2) is 36.5 Å². The van der Waals surface area contributed by atoms with Crippen LogP contribution in [0.4, 0.5) is 0 Å². The molecule has 1 amide bonds. The lowest BCUT2D eigenvalue weighted by Gasteiger charge is -2.24. The summed E-state index contributed by atoms with van der Waals surface area (Å²) >= 11 is 1.43. The molecule has 4 aromatic rings. The number of hydrogen-bond donors (Lipinski definition) is 1. The summed E-state index contributed by atoms with van der Waals surface area (Å²) in [4.78, 5) is 32.6. The molecule has 1 saturated heterocycles. The Morgan fingerprint density at radius 2 is 1.88 bits per heavy atom. The van der Waals surface area contributed by atoms with E-state index in [2.05, 4.69) is 10.1 Å². The lowest BCUT2D eigenvalue weighted by atomic mass is 10.00. The molecule has 4 heterocycles. The fourth-order valence-electron chi connectivity index (χ4n) is 4.09. The van der Waals surface area contributed by atoms with Crippen LogP contribution in [0.3, 0.4) is 0 Å². The predicted molar refractivity (Wildman–Crippen MR) is 125 cm³/mol. The van der Waals surface area contributed by atoms with Gasteiger partial charge in [-0.3, -0.25) is 14.6 Å². The molecule has 1 aliphatic rings. The van der Waals surface area contributed by atoms with E-state index in [1.54, 1.807) is 23.1 Å². The number of Topliss-reactive ketones (excluding diaryl/α,β-unsaturated/α-hetero) is 1. The van der Waals surface area contributed by atoms with Crippen LogP contribution in [0.2, 0.25) is 0 Å². The highest BCUT2D eigenvalue weighted by molar-refractivity contribution is 7.10. The van der Waals surface area contributed by atoms with E-state index in [-0.39, 0.29) is 17.9 Å². The van der Waals surface area contributed by atoms with E-state index in [4.69, 9.17) is 0 Å². The summed E-state index contributed by atoms with van der Waals surface area (Å²) in [6, 6.07) is 16.2. The molecule has 33 heavy (non-hydrogen) atoms. The number of aliphatic hydroxyl groups excluding tert-OH is 1. The molecule has 1 atom stereocenters. The number of aliphatic hydroxyl groups is 1. The summed E-state index contributed by atoms with van der Waals surface area (Å²) in [7, 11) is 0. The summed E-state index contributed by atoms with van der Waals surface area (Å²) in [6.07, 6.45) is 4.85. The molecule has 1 unspecified atom stereocenters. The van der Waals surface area contributed by atoms with Crippen LogP contribution >= 0.6 is 11.3 Å². The van der Waals surface area contributed by atoms with Gasteiger partial charge in [-0.1, -0.05) is 30.3 Å². The fraction of sp³-hybridized carbons (Fsp3) is 0.120. The highest BCUT2D eigenvalue weighted by Gasteiger charge is 2.46. The van der Waals surface area contributed by atoms with Crippen LogP contribution in [0.15, 0.2) is 84.1 Å². The van der Waals surface area contributed by atoms with Crippen LogP contribution in [0.5, 0.6) is 0 Å². The molecule has 1 aliphatic heterocycles. The first-order valence-electron chi connectivity index (χ1n) is 10.4. The van der Waals surface area contributed by atoms with Gasteiger partial charge in [0.1, 0.15) is 5.76 Å². The van der Waals surface area contributed by atoms with Gasteiger partial charge in [-0.2, -0.15) is 5.10 Å². The van der Waals surface area contributed by atoms with Crippen molar-refractivity contribution in [1.82, 2.24) is 19.7 Å². The third kappa shape index (κ3) is 3.64. The fourth-order valence-corrected chi connectivity index (χ4v) is 4.94. The molecule has 1 aromatic carbocycles. The molecule has 0 spiro atoms. The molecular weight excluding hydrogens is 436 g/mol. The van der Waals surface area contributed by atoms with Crippen molar-refractivity contribution in [2.75, 3.05) is 0 Å². The van der Waals surface area contributed by atoms with Gasteiger partial charge in [0.25, 0.3) is 11.7 Å². The van der Waals surface area contributed by atoms with Crippen LogP contribution in [0.1, 0.15) is 27.7 Å². The molecule has 5 rings (SSSR count). The number of thiophene rings is 1. The maximum absolute atomic E-state index is 13.2. The van der Waals surface area contributed by atoms with Gasteiger partial charge in [0.05, 0.1) is 34.8 Å². The number of aromatic nitrogens is 3. The van der Waals surface area contributed by atoms with Crippen LogP contribution in [0.25, 0.3) is 11.4 Å². The molecule has 0 bridgehead atoms. The lowest BCUT2D eigenvalue weighted by Crippen LogP contribution is -2.28. The minimum atomic E-state index is -0.707. The molecule has 8 heteroatoms. The van der Waals surface area contributed by atoms with Crippen molar-refractivity contribution in [3.63, 3.8) is 0 Å². The third-order valence-electron chi connectivity index (χ3n) is 5.69. The number of ketones is 1. The van der Waals surface area contributed by atoms with E-state index in [1.165, 1.54) is 22.4 Å². The third-order valence-corrected chi connectivity index (χ3v) is 6.62. The number of rotatable bonds is 5. The Bertz CT molecular complexity index is 1350. The van der Waals surface area contributed by atoms with Crippen molar-refractivity contribution < 1.29 is 14.7 Å². The summed E-state index contributed by atoms with van der Waals surface area (Å²) in [5, 5.41) is 17.6. The van der Waals surface area contributed by atoms with Gasteiger partial charge in [-0.25, -0.2) is 4.68 Å². The molecular formula is C25H20N4O3S. The second kappa shape index (κ2) is 8.48. The molecule has 164 valence electrons. The maximum Gasteiger partial charge on any atom is 0.295 e. The molecule has 1 fully saturated rings. The zero-order valence-electron chi connectivity index (χ0n) is 17.8. The quantitative estimate of drug-likeness (QED) is 0.275. The van der Waals surface area contributed by atoms with Crippen LogP contribution in [0, 0.1) is 6.92 Å². The van der Waals surface area contributed by atoms with E-state index < -0.39 is 17.7 Å². The number of para-hydroxylation sites is 1. The number of carbonyl (C=O) groups excluding carboxylic acids is 2. The smallest absolute Gasteiger partial charge is 0.295 e. The van der Waals surface area contributed by atoms with E-state index in [0.29, 0.717) is 11.3 Å². The van der Waals surface area contributed by atoms with Crippen molar-refractivity contribution >= 4 is 28.8 Å². The number of benzene rings is 1. The first-order valence-corrected chi connectivity index (χ1v) is 11.3. The molecule has 0 saturated carbocycles. The highest BCUT2D eigenvalue weighted by Crippen LogP contribution is 2.42. The Morgan fingerprint density at radius 3 is 2.58 bits per heavy atom. The minimum Gasteiger partial charge on any atom is -0.507 e. The highest BCUT2D eigenvalue weighted by atomic mass is 32.1. The van der Waals surface area contributed by atoms with Gasteiger partial charge in [0.15, 0.2) is 0 Å². The predicted octanol–water partition coefficient (Wildman–Crippen LogP) is 4.26. The van der Waals surface area contributed by atoms with Gasteiger partial charge >= 0.3 is 0 Å². The van der Waals surface area contributed by atoms with E-state index in [9.17, 15) is 14.7 Å². The van der Waals surface area contributed by atoms with Crippen LogP contribution < -0.4 is 0 Å². The number of likely N-dealkylation sites (tertiary alicyclic amines) is 1. The van der Waals surface area contributed by atoms with Crippen molar-refractivity contribution in [3.8, 4) is 5.69 Å². The van der Waals surface area contributed by atoms with Crippen molar-refractivity contribution in [2.24, 2.45) is 0 Å². The van der Waals surface area contributed by atoms with Gasteiger partial charge in [-0.15, -0.1) is 11.3 Å². The number of amides is 1. The summed E-state index contributed by atoms with van der Waals surface area (Å²) in [6.45, 7) is 2.03. The van der Waals surface area contributed by atoms with Crippen LogP contribution in [-0.2, 0) is 16.1 Å². The number of hydrogen-bond acceptors (Lipinski definition) is 6. The largest absolute Gasteiger partial charge is 0.507 e. The van der Waals surface area contributed by atoms with Crippen molar-refractivity contribution in [2.45, 2.75) is 19.5 Å². The van der Waals surface area contributed by atoms with Gasteiger partial charge < -0.3 is 10.0 Å². The van der Waals surface area contributed by atoms with Crippen molar-refractivity contribution in [3.05, 3.63) is 106 Å². The Balaban J connectivity index is 1.62. The minimum absolute atomic E-state index is 0.0713. The lowest BCUT2D eigenvalue weighted by molar-refractivity contribution is -0.140. The van der Waals surface area contributed by atoms with Crippen molar-refractivity contribution in [1.29, 1.82) is 0 Å².